The van der Waals surface area contributed by atoms with Crippen LogP contribution in [0.25, 0.3) is 17.0 Å². The summed E-state index contributed by atoms with van der Waals surface area (Å²) in [5.41, 5.74) is 4.46. The van der Waals surface area contributed by atoms with Gasteiger partial charge >= 0.3 is 0 Å². The highest BCUT2D eigenvalue weighted by molar-refractivity contribution is 7.80. The Kier molecular flexibility index (Phi) is 6.04. The van der Waals surface area contributed by atoms with E-state index >= 15 is 0 Å². The highest BCUT2D eigenvalue weighted by Gasteiger charge is 2.34. The number of methoxy groups -OCH3 is 1. The van der Waals surface area contributed by atoms with Gasteiger partial charge in [-0.25, -0.2) is 0 Å². The van der Waals surface area contributed by atoms with E-state index in [4.69, 9.17) is 38.1 Å². The van der Waals surface area contributed by atoms with E-state index in [1.807, 2.05) is 90.7 Å². The van der Waals surface area contributed by atoms with E-state index < -0.39 is 0 Å². The molecule has 0 saturated heterocycles. The molecule has 0 spiro atoms. The van der Waals surface area contributed by atoms with Crippen LogP contribution >= 0.6 is 23.8 Å². The second-order valence-corrected chi connectivity index (χ2v) is 8.58. The summed E-state index contributed by atoms with van der Waals surface area (Å²) in [5.74, 6) is 1.60. The van der Waals surface area contributed by atoms with E-state index in [9.17, 15) is 0 Å². The summed E-state index contributed by atoms with van der Waals surface area (Å²) in [6.07, 6.45) is 0. The van der Waals surface area contributed by atoms with Crippen molar-refractivity contribution in [3.05, 3.63) is 101 Å². The van der Waals surface area contributed by atoms with Gasteiger partial charge in [0, 0.05) is 22.0 Å². The molecule has 0 saturated carbocycles. The van der Waals surface area contributed by atoms with E-state index in [2.05, 4.69) is 10.5 Å². The first-order valence-corrected chi connectivity index (χ1v) is 11.4. The van der Waals surface area contributed by atoms with Gasteiger partial charge in [-0.05, 0) is 61.1 Å². The first-order valence-electron chi connectivity index (χ1n) is 10.7. The minimum atomic E-state index is -0.289. The number of thiocarbonyl (C=S) groups is 1. The molecule has 0 fully saturated rings. The van der Waals surface area contributed by atoms with Gasteiger partial charge in [-0.2, -0.15) is 4.98 Å². The summed E-state index contributed by atoms with van der Waals surface area (Å²) < 4.78 is 11.1. The average molecular weight is 489 g/mol. The molecule has 5 rings (SSSR count). The Labute approximate surface area is 207 Å². The number of anilines is 1. The van der Waals surface area contributed by atoms with Gasteiger partial charge in [0.05, 0.1) is 18.7 Å². The zero-order valence-corrected chi connectivity index (χ0v) is 20.1. The Morgan fingerprint density at radius 3 is 2.53 bits per heavy atom. The Morgan fingerprint density at radius 2 is 1.79 bits per heavy atom. The van der Waals surface area contributed by atoms with Crippen LogP contribution in [-0.4, -0.2) is 22.4 Å². The fraction of sp³-hybridized carbons (Fsp3) is 0.115. The molecule has 6 nitrogen and oxygen atoms in total. The lowest BCUT2D eigenvalue weighted by Crippen LogP contribution is -2.46. The summed E-state index contributed by atoms with van der Waals surface area (Å²) in [6.45, 7) is 2.01. The SMILES string of the molecule is COc1cccc(-c2noc(C3=C(C)N(c4ccccc4)C(=S)NC3c3ccc(Cl)cc3)n2)c1. The molecule has 4 aromatic rings. The third-order valence-electron chi connectivity index (χ3n) is 5.69. The van der Waals surface area contributed by atoms with Crippen LogP contribution in [0.1, 0.15) is 24.4 Å². The van der Waals surface area contributed by atoms with Crippen LogP contribution in [0, 0.1) is 0 Å². The van der Waals surface area contributed by atoms with Crippen LogP contribution in [0.3, 0.4) is 0 Å². The zero-order valence-electron chi connectivity index (χ0n) is 18.5. The van der Waals surface area contributed by atoms with E-state index in [-0.39, 0.29) is 6.04 Å². The molecule has 1 aliphatic heterocycles. The quantitative estimate of drug-likeness (QED) is 0.332. The van der Waals surface area contributed by atoms with Crippen molar-refractivity contribution in [1.82, 2.24) is 15.5 Å². The van der Waals surface area contributed by atoms with Crippen molar-refractivity contribution in [1.29, 1.82) is 0 Å². The van der Waals surface area contributed by atoms with Crippen molar-refractivity contribution < 1.29 is 9.26 Å². The van der Waals surface area contributed by atoms with Crippen molar-refractivity contribution >= 4 is 40.2 Å². The number of aromatic nitrogens is 2. The summed E-state index contributed by atoms with van der Waals surface area (Å²) >= 11 is 11.9. The predicted molar refractivity (Wildman–Crippen MR) is 138 cm³/mol. The van der Waals surface area contributed by atoms with Crippen LogP contribution < -0.4 is 15.0 Å². The highest BCUT2D eigenvalue weighted by Crippen LogP contribution is 2.39. The van der Waals surface area contributed by atoms with E-state index in [0.29, 0.717) is 21.9 Å². The molecule has 1 N–H and O–H groups in total. The average Bonchev–Trinajstić information content (AvgIpc) is 3.35. The fourth-order valence-corrected chi connectivity index (χ4v) is 4.51. The molecular formula is C26H21ClN4O2S. The molecule has 8 heteroatoms. The van der Waals surface area contributed by atoms with Crippen LogP contribution in [-0.2, 0) is 0 Å². The Balaban J connectivity index is 1.64. The lowest BCUT2D eigenvalue weighted by molar-refractivity contribution is 0.403. The van der Waals surface area contributed by atoms with Crippen LogP contribution in [0.4, 0.5) is 5.69 Å². The molecule has 170 valence electrons. The second kappa shape index (κ2) is 9.29. The van der Waals surface area contributed by atoms with E-state index in [1.54, 1.807) is 7.11 Å². The summed E-state index contributed by atoms with van der Waals surface area (Å²) in [4.78, 5) is 6.73. The van der Waals surface area contributed by atoms with Gasteiger partial charge in [0.25, 0.3) is 5.89 Å². The standard InChI is InChI=1S/C26H21ClN4O2S/c1-16-22(25-29-24(30-33-25)18-7-6-10-21(15-18)32-2)23(17-11-13-19(27)14-12-17)28-26(34)31(16)20-8-4-3-5-9-20/h3-15,23H,1-2H3,(H,28,34). The van der Waals surface area contributed by atoms with Gasteiger partial charge < -0.3 is 14.6 Å². The van der Waals surface area contributed by atoms with Gasteiger partial charge in [-0.1, -0.05) is 59.2 Å². The maximum absolute atomic E-state index is 6.14. The minimum absolute atomic E-state index is 0.289. The molecule has 1 atom stereocenters. The summed E-state index contributed by atoms with van der Waals surface area (Å²) in [6, 6.07) is 24.8. The summed E-state index contributed by atoms with van der Waals surface area (Å²) in [7, 11) is 1.63. The minimum Gasteiger partial charge on any atom is -0.497 e. The van der Waals surface area contributed by atoms with Crippen LogP contribution in [0.15, 0.2) is 89.1 Å². The molecule has 2 heterocycles. The van der Waals surface area contributed by atoms with E-state index in [0.717, 1.165) is 33.8 Å². The first-order chi connectivity index (χ1) is 16.5. The first kappa shape index (κ1) is 22.1. The maximum Gasteiger partial charge on any atom is 0.258 e. The van der Waals surface area contributed by atoms with Crippen molar-refractivity contribution in [3.63, 3.8) is 0 Å². The molecule has 1 aromatic heterocycles. The molecule has 34 heavy (non-hydrogen) atoms. The monoisotopic (exact) mass is 488 g/mol. The molecule has 0 amide bonds. The molecule has 1 unspecified atom stereocenters. The number of hydrogen-bond acceptors (Lipinski definition) is 5. The number of rotatable bonds is 5. The van der Waals surface area contributed by atoms with Crippen molar-refractivity contribution in [3.8, 4) is 17.1 Å². The molecular weight excluding hydrogens is 468 g/mol. The molecule has 3 aromatic carbocycles. The molecule has 0 bridgehead atoms. The normalized spacial score (nSPS) is 15.9. The van der Waals surface area contributed by atoms with Crippen molar-refractivity contribution in [2.24, 2.45) is 0 Å². The smallest absolute Gasteiger partial charge is 0.258 e. The second-order valence-electron chi connectivity index (χ2n) is 7.76. The third kappa shape index (κ3) is 4.16. The number of hydrogen-bond donors (Lipinski definition) is 1. The molecule has 1 aliphatic rings. The van der Waals surface area contributed by atoms with Crippen LogP contribution in [0.5, 0.6) is 5.75 Å². The molecule has 0 aliphatic carbocycles. The van der Waals surface area contributed by atoms with Crippen molar-refractivity contribution in [2.45, 2.75) is 13.0 Å². The van der Waals surface area contributed by atoms with Crippen LogP contribution in [0.2, 0.25) is 5.02 Å². The highest BCUT2D eigenvalue weighted by atomic mass is 35.5. The lowest BCUT2D eigenvalue weighted by atomic mass is 9.94. The Hall–Kier alpha value is -3.68. The van der Waals surface area contributed by atoms with Gasteiger partial charge in [-0.3, -0.25) is 4.90 Å². The van der Waals surface area contributed by atoms with Gasteiger partial charge in [-0.15, -0.1) is 0 Å². The van der Waals surface area contributed by atoms with E-state index in [1.165, 1.54) is 0 Å². The third-order valence-corrected chi connectivity index (χ3v) is 6.24. The number of nitrogens with zero attached hydrogens (tertiary/aromatic N) is 3. The Morgan fingerprint density at radius 1 is 1.03 bits per heavy atom. The number of para-hydroxylation sites is 1. The summed E-state index contributed by atoms with van der Waals surface area (Å²) in [5, 5.41) is 8.95. The zero-order chi connectivity index (χ0) is 23.7. The number of benzene rings is 3. The number of allylic oxidation sites excluding steroid dienone is 1. The maximum atomic E-state index is 6.14. The lowest BCUT2D eigenvalue weighted by Gasteiger charge is -2.37. The van der Waals surface area contributed by atoms with Gasteiger partial charge in [0.2, 0.25) is 5.82 Å². The number of halogens is 1. The largest absolute Gasteiger partial charge is 0.497 e. The number of nitrogens with one attached hydrogen (secondary N) is 1. The van der Waals surface area contributed by atoms with Crippen molar-refractivity contribution in [2.75, 3.05) is 12.0 Å². The topological polar surface area (TPSA) is 63.4 Å². The number of ether oxygens (including phenoxy) is 1. The van der Waals surface area contributed by atoms with Gasteiger partial charge in [0.1, 0.15) is 5.75 Å². The predicted octanol–water partition coefficient (Wildman–Crippen LogP) is 6.27. The van der Waals surface area contributed by atoms with Gasteiger partial charge in [0.15, 0.2) is 5.11 Å². The molecule has 0 radical (unpaired) electrons. The fourth-order valence-electron chi connectivity index (χ4n) is 4.03. The Bertz CT molecular complexity index is 1370.